The quantitative estimate of drug-likeness (QED) is 0.785. The molecule has 3 N–H and O–H groups in total. The summed E-state index contributed by atoms with van der Waals surface area (Å²) in [7, 11) is 1.74. The molecule has 5 nitrogen and oxygen atoms in total. The van der Waals surface area contributed by atoms with Gasteiger partial charge in [-0.1, -0.05) is 26.2 Å². The van der Waals surface area contributed by atoms with Crippen molar-refractivity contribution in [3.8, 4) is 0 Å². The van der Waals surface area contributed by atoms with Gasteiger partial charge in [-0.05, 0) is 18.8 Å². The van der Waals surface area contributed by atoms with E-state index in [4.69, 9.17) is 5.73 Å². The highest BCUT2D eigenvalue weighted by Gasteiger charge is 2.23. The van der Waals surface area contributed by atoms with E-state index in [9.17, 15) is 4.79 Å². The minimum atomic E-state index is -0.0978. The van der Waals surface area contributed by atoms with Gasteiger partial charge in [-0.3, -0.25) is 9.48 Å². The van der Waals surface area contributed by atoms with Gasteiger partial charge in [-0.25, -0.2) is 0 Å². The van der Waals surface area contributed by atoms with Gasteiger partial charge in [0.25, 0.3) is 5.91 Å². The maximum Gasteiger partial charge on any atom is 0.256 e. The average molecular weight is 250 g/mol. The highest BCUT2D eigenvalue weighted by atomic mass is 16.1. The first-order valence-electron chi connectivity index (χ1n) is 6.68. The number of carbonyl (C=O) groups is 1. The lowest BCUT2D eigenvalue weighted by Crippen LogP contribution is -2.39. The monoisotopic (exact) mass is 250 g/mol. The molecular weight excluding hydrogens is 228 g/mol. The first-order valence-corrected chi connectivity index (χ1v) is 6.68. The molecule has 0 aromatic carbocycles. The van der Waals surface area contributed by atoms with Gasteiger partial charge in [0.15, 0.2) is 0 Å². The topological polar surface area (TPSA) is 72.9 Å². The van der Waals surface area contributed by atoms with Crippen LogP contribution < -0.4 is 11.1 Å². The predicted octanol–water partition coefficient (Wildman–Crippen LogP) is 1.70. The second-order valence-electron chi connectivity index (χ2n) is 5.26. The molecule has 1 heterocycles. The van der Waals surface area contributed by atoms with Crippen LogP contribution in [-0.4, -0.2) is 21.7 Å². The van der Waals surface area contributed by atoms with E-state index in [-0.39, 0.29) is 11.9 Å². The van der Waals surface area contributed by atoms with E-state index in [1.807, 2.05) is 0 Å². The fourth-order valence-corrected chi connectivity index (χ4v) is 2.58. The number of nitrogen functional groups attached to an aromatic ring is 1. The van der Waals surface area contributed by atoms with Gasteiger partial charge in [0.05, 0.1) is 6.20 Å². The summed E-state index contributed by atoms with van der Waals surface area (Å²) in [6.45, 7) is 2.21. The summed E-state index contributed by atoms with van der Waals surface area (Å²) in [6.07, 6.45) is 7.51. The third-order valence-electron chi connectivity index (χ3n) is 3.91. The summed E-state index contributed by atoms with van der Waals surface area (Å²) in [5.41, 5.74) is 6.29. The van der Waals surface area contributed by atoms with Crippen molar-refractivity contribution in [1.29, 1.82) is 0 Å². The Bertz CT molecular complexity index is 427. The Morgan fingerprint density at radius 1 is 1.44 bits per heavy atom. The number of nitrogens with two attached hydrogens (primary N) is 1. The molecule has 0 spiro atoms. The van der Waals surface area contributed by atoms with Crippen LogP contribution in [0.4, 0.5) is 5.82 Å². The molecule has 5 heteroatoms. The molecule has 1 aromatic rings. The van der Waals surface area contributed by atoms with E-state index in [0.29, 0.717) is 17.3 Å². The number of nitrogens with one attached hydrogen (secondary N) is 1. The highest BCUT2D eigenvalue weighted by Crippen LogP contribution is 2.23. The van der Waals surface area contributed by atoms with E-state index >= 15 is 0 Å². The molecule has 0 aliphatic heterocycles. The molecule has 0 saturated heterocycles. The van der Waals surface area contributed by atoms with Crippen LogP contribution in [0.5, 0.6) is 0 Å². The molecule has 1 fully saturated rings. The predicted molar refractivity (Wildman–Crippen MR) is 71.1 cm³/mol. The fourth-order valence-electron chi connectivity index (χ4n) is 2.58. The van der Waals surface area contributed by atoms with Crippen molar-refractivity contribution in [2.24, 2.45) is 13.0 Å². The molecule has 1 aliphatic rings. The van der Waals surface area contributed by atoms with E-state index in [1.165, 1.54) is 36.6 Å². The first-order chi connectivity index (χ1) is 8.59. The minimum absolute atomic E-state index is 0.0978. The van der Waals surface area contributed by atoms with Crippen molar-refractivity contribution in [2.75, 3.05) is 5.73 Å². The Balaban J connectivity index is 2.04. The molecule has 1 saturated carbocycles. The molecule has 1 amide bonds. The van der Waals surface area contributed by atoms with Crippen LogP contribution in [0.3, 0.4) is 0 Å². The number of amides is 1. The van der Waals surface area contributed by atoms with Gasteiger partial charge in [0, 0.05) is 13.1 Å². The first kappa shape index (κ1) is 12.9. The number of nitrogens with zero attached hydrogens (tertiary/aromatic N) is 2. The van der Waals surface area contributed by atoms with Crippen LogP contribution in [0, 0.1) is 5.92 Å². The summed E-state index contributed by atoms with van der Waals surface area (Å²) in [5, 5.41) is 7.11. The zero-order valence-corrected chi connectivity index (χ0v) is 11.1. The third kappa shape index (κ3) is 2.66. The van der Waals surface area contributed by atoms with Crippen LogP contribution in [0.1, 0.15) is 49.4 Å². The number of hydrogen-bond donors (Lipinski definition) is 2. The lowest BCUT2D eigenvalue weighted by atomic mass is 9.97. The minimum Gasteiger partial charge on any atom is -0.383 e. The number of anilines is 1. The summed E-state index contributed by atoms with van der Waals surface area (Å²) in [4.78, 5) is 12.2. The van der Waals surface area contributed by atoms with E-state index in [1.54, 1.807) is 7.05 Å². The maximum atomic E-state index is 12.2. The number of rotatable bonds is 2. The van der Waals surface area contributed by atoms with Crippen LogP contribution in [-0.2, 0) is 7.05 Å². The van der Waals surface area contributed by atoms with Crippen molar-refractivity contribution in [3.05, 3.63) is 11.8 Å². The normalized spacial score (nSPS) is 24.6. The maximum absolute atomic E-state index is 12.2. The molecule has 1 aromatic heterocycles. The number of hydrogen-bond acceptors (Lipinski definition) is 3. The largest absolute Gasteiger partial charge is 0.383 e. The number of aryl methyl sites for hydroxylation is 1. The molecule has 2 unspecified atom stereocenters. The van der Waals surface area contributed by atoms with Gasteiger partial charge in [0.2, 0.25) is 0 Å². The summed E-state index contributed by atoms with van der Waals surface area (Å²) in [5.74, 6) is 0.863. The van der Waals surface area contributed by atoms with Crippen molar-refractivity contribution in [2.45, 2.75) is 45.1 Å². The third-order valence-corrected chi connectivity index (χ3v) is 3.91. The molecule has 0 bridgehead atoms. The molecule has 0 radical (unpaired) electrons. The zero-order chi connectivity index (χ0) is 13.1. The van der Waals surface area contributed by atoms with Crippen LogP contribution in [0.15, 0.2) is 6.20 Å². The van der Waals surface area contributed by atoms with Crippen molar-refractivity contribution in [3.63, 3.8) is 0 Å². The van der Waals surface area contributed by atoms with Crippen LogP contribution in [0.25, 0.3) is 0 Å². The summed E-state index contributed by atoms with van der Waals surface area (Å²) in [6, 6.07) is 0.264. The summed E-state index contributed by atoms with van der Waals surface area (Å²) >= 11 is 0. The Morgan fingerprint density at radius 2 is 2.17 bits per heavy atom. The van der Waals surface area contributed by atoms with Crippen molar-refractivity contribution < 1.29 is 4.79 Å². The Morgan fingerprint density at radius 3 is 2.83 bits per heavy atom. The van der Waals surface area contributed by atoms with Gasteiger partial charge in [-0.2, -0.15) is 5.10 Å². The molecule has 18 heavy (non-hydrogen) atoms. The number of carbonyl (C=O) groups excluding carboxylic acids is 1. The second-order valence-corrected chi connectivity index (χ2v) is 5.26. The molecular formula is C13H22N4O. The Kier molecular flexibility index (Phi) is 3.89. The van der Waals surface area contributed by atoms with Crippen molar-refractivity contribution >= 4 is 11.7 Å². The van der Waals surface area contributed by atoms with E-state index < -0.39 is 0 Å². The average Bonchev–Trinajstić information content (AvgIpc) is 2.55. The van der Waals surface area contributed by atoms with Crippen LogP contribution in [0.2, 0.25) is 0 Å². The van der Waals surface area contributed by atoms with Gasteiger partial charge in [0.1, 0.15) is 11.4 Å². The lowest BCUT2D eigenvalue weighted by Gasteiger charge is -2.22. The summed E-state index contributed by atoms with van der Waals surface area (Å²) < 4.78 is 1.52. The van der Waals surface area contributed by atoms with E-state index in [2.05, 4.69) is 17.3 Å². The molecule has 2 atom stereocenters. The Hall–Kier alpha value is -1.52. The highest BCUT2D eigenvalue weighted by molar-refractivity contribution is 5.98. The van der Waals surface area contributed by atoms with Gasteiger partial charge in [-0.15, -0.1) is 0 Å². The molecule has 100 valence electrons. The smallest absolute Gasteiger partial charge is 0.256 e. The zero-order valence-electron chi connectivity index (χ0n) is 11.1. The van der Waals surface area contributed by atoms with Crippen molar-refractivity contribution in [1.82, 2.24) is 15.1 Å². The lowest BCUT2D eigenvalue weighted by molar-refractivity contribution is 0.0922. The van der Waals surface area contributed by atoms with Crippen LogP contribution >= 0.6 is 0 Å². The Labute approximate surface area is 108 Å². The molecule has 2 rings (SSSR count). The van der Waals surface area contributed by atoms with E-state index in [0.717, 1.165) is 6.42 Å². The van der Waals surface area contributed by atoms with Gasteiger partial charge >= 0.3 is 0 Å². The molecule has 1 aliphatic carbocycles. The SMILES string of the molecule is CC1CCCCCC1NC(=O)c1cnn(C)c1N. The van der Waals surface area contributed by atoms with Gasteiger partial charge < -0.3 is 11.1 Å². The fraction of sp³-hybridized carbons (Fsp3) is 0.692. The second kappa shape index (κ2) is 5.42. The number of aromatic nitrogens is 2. The standard InChI is InChI=1S/C13H22N4O/c1-9-6-4-3-5-7-11(9)16-13(18)10-8-15-17(2)12(10)14/h8-9,11H,3-7,14H2,1-2H3,(H,16,18).